The van der Waals surface area contributed by atoms with E-state index in [2.05, 4.69) is 9.82 Å². The fourth-order valence-electron chi connectivity index (χ4n) is 3.47. The predicted molar refractivity (Wildman–Crippen MR) is 87.9 cm³/mol. The van der Waals surface area contributed by atoms with Gasteiger partial charge in [0.25, 0.3) is 10.0 Å². The van der Waals surface area contributed by atoms with Crippen molar-refractivity contribution in [3.05, 3.63) is 47.3 Å². The van der Waals surface area contributed by atoms with E-state index in [0.29, 0.717) is 6.42 Å². The minimum atomic E-state index is -3.81. The molecular weight excluding hydrogens is 326 g/mol. The molecule has 1 amide bonds. The van der Waals surface area contributed by atoms with Crippen molar-refractivity contribution >= 4 is 15.9 Å². The van der Waals surface area contributed by atoms with Crippen molar-refractivity contribution < 1.29 is 13.2 Å². The lowest BCUT2D eigenvalue weighted by Crippen LogP contribution is -2.32. The number of carbonyl (C=O) groups is 1. The lowest BCUT2D eigenvalue weighted by molar-refractivity contribution is -0.120. The fraction of sp³-hybridized carbons (Fsp3) is 0.412. The molecule has 1 aromatic heterocycles. The molecule has 2 atom stereocenters. The van der Waals surface area contributed by atoms with Gasteiger partial charge in [-0.15, -0.1) is 0 Å². The molecule has 1 heterocycles. The maximum atomic E-state index is 12.5. The van der Waals surface area contributed by atoms with Crippen molar-refractivity contribution in [1.82, 2.24) is 14.5 Å². The van der Waals surface area contributed by atoms with Gasteiger partial charge in [0.15, 0.2) is 0 Å². The summed E-state index contributed by atoms with van der Waals surface area (Å²) in [4.78, 5) is 12.5. The van der Waals surface area contributed by atoms with E-state index in [1.54, 1.807) is 23.0 Å². The molecule has 0 bridgehead atoms. The smallest absolute Gasteiger partial charge is 0.264 e. The van der Waals surface area contributed by atoms with Crippen molar-refractivity contribution in [2.75, 3.05) is 0 Å². The molecule has 0 unspecified atom stereocenters. The van der Waals surface area contributed by atoms with Gasteiger partial charge in [0, 0.05) is 19.2 Å². The number of hydrogen-bond acceptors (Lipinski definition) is 4. The number of fused-ring (bicyclic) bond motifs is 1. The summed E-state index contributed by atoms with van der Waals surface area (Å²) in [6, 6.07) is 5.14. The molecule has 0 radical (unpaired) electrons. The second-order valence-corrected chi connectivity index (χ2v) is 8.33. The van der Waals surface area contributed by atoms with Crippen LogP contribution in [0.3, 0.4) is 0 Å². The van der Waals surface area contributed by atoms with Gasteiger partial charge in [-0.05, 0) is 60.4 Å². The van der Waals surface area contributed by atoms with E-state index in [1.807, 2.05) is 19.3 Å². The Labute approximate surface area is 140 Å². The summed E-state index contributed by atoms with van der Waals surface area (Å²) < 4.78 is 28.9. The van der Waals surface area contributed by atoms with Crippen LogP contribution in [0.1, 0.15) is 35.4 Å². The number of nitrogens with zero attached hydrogens (tertiary/aromatic N) is 2. The third-order valence-corrected chi connectivity index (χ3v) is 6.24. The topological polar surface area (TPSA) is 81.1 Å². The van der Waals surface area contributed by atoms with Gasteiger partial charge in [-0.2, -0.15) is 5.10 Å². The summed E-state index contributed by atoms with van der Waals surface area (Å²) >= 11 is 0. The normalized spacial score (nSPS) is 22.2. The SMILES string of the molecule is Cn1cc([C@@H]2C[C@@H]2C(=O)NS(=O)(=O)c2ccc3c(c2)CCC3)cn1. The van der Waals surface area contributed by atoms with Gasteiger partial charge >= 0.3 is 0 Å². The molecule has 0 saturated heterocycles. The van der Waals surface area contributed by atoms with Crippen LogP contribution in [-0.4, -0.2) is 24.1 Å². The minimum Gasteiger partial charge on any atom is -0.276 e. The van der Waals surface area contributed by atoms with Crippen LogP contribution in [0.4, 0.5) is 0 Å². The predicted octanol–water partition coefficient (Wildman–Crippen LogP) is 1.52. The first-order valence-corrected chi connectivity index (χ1v) is 9.59. The molecule has 126 valence electrons. The molecule has 0 aliphatic heterocycles. The molecule has 1 N–H and O–H groups in total. The maximum Gasteiger partial charge on any atom is 0.264 e. The molecular formula is C17H19N3O3S. The average Bonchev–Trinajstić information content (AvgIpc) is 2.99. The lowest BCUT2D eigenvalue weighted by Gasteiger charge is -2.08. The standard InChI is InChI=1S/C17H19N3O3S/c1-20-10-13(9-18-20)15-8-16(15)17(21)19-24(22,23)14-6-5-11-3-2-4-12(11)7-14/h5-7,9-10,15-16H,2-4,8H2,1H3,(H,19,21)/t15-,16-/m0/s1. The van der Waals surface area contributed by atoms with Gasteiger partial charge in [-0.25, -0.2) is 13.1 Å². The van der Waals surface area contributed by atoms with E-state index in [9.17, 15) is 13.2 Å². The highest BCUT2D eigenvalue weighted by Gasteiger charge is 2.45. The van der Waals surface area contributed by atoms with Crippen molar-refractivity contribution in [2.45, 2.75) is 36.5 Å². The van der Waals surface area contributed by atoms with Gasteiger partial charge in [0.05, 0.1) is 11.1 Å². The Hall–Kier alpha value is -2.15. The van der Waals surface area contributed by atoms with Crippen LogP contribution in [0.25, 0.3) is 0 Å². The molecule has 2 aromatic rings. The Morgan fingerprint density at radius 2 is 2.08 bits per heavy atom. The van der Waals surface area contributed by atoms with E-state index in [1.165, 1.54) is 5.56 Å². The highest BCUT2D eigenvalue weighted by Crippen LogP contribution is 2.47. The summed E-state index contributed by atoms with van der Waals surface area (Å²) in [7, 11) is -1.99. The van der Waals surface area contributed by atoms with Gasteiger partial charge in [-0.1, -0.05) is 6.07 Å². The van der Waals surface area contributed by atoms with Crippen LogP contribution < -0.4 is 4.72 Å². The fourth-order valence-corrected chi connectivity index (χ4v) is 4.55. The quantitative estimate of drug-likeness (QED) is 0.911. The summed E-state index contributed by atoms with van der Waals surface area (Å²) in [5.74, 6) is -0.656. The largest absolute Gasteiger partial charge is 0.276 e. The Kier molecular flexibility index (Phi) is 3.49. The molecule has 2 aliphatic rings. The van der Waals surface area contributed by atoms with Crippen LogP contribution in [0.15, 0.2) is 35.5 Å². The molecule has 1 saturated carbocycles. The number of benzene rings is 1. The molecule has 1 aromatic carbocycles. The Morgan fingerprint density at radius 1 is 1.29 bits per heavy atom. The molecule has 2 aliphatic carbocycles. The lowest BCUT2D eigenvalue weighted by atomic mass is 10.1. The third kappa shape index (κ3) is 2.73. The van der Waals surface area contributed by atoms with Crippen molar-refractivity contribution in [3.63, 3.8) is 0 Å². The molecule has 7 heteroatoms. The zero-order valence-electron chi connectivity index (χ0n) is 13.4. The number of sulfonamides is 1. The first-order chi connectivity index (χ1) is 11.4. The number of aryl methyl sites for hydroxylation is 3. The highest BCUT2D eigenvalue weighted by molar-refractivity contribution is 7.90. The van der Waals surface area contributed by atoms with E-state index in [-0.39, 0.29) is 16.7 Å². The maximum absolute atomic E-state index is 12.5. The van der Waals surface area contributed by atoms with Crippen molar-refractivity contribution in [3.8, 4) is 0 Å². The van der Waals surface area contributed by atoms with Crippen molar-refractivity contribution in [1.29, 1.82) is 0 Å². The van der Waals surface area contributed by atoms with Crippen LogP contribution in [0.5, 0.6) is 0 Å². The zero-order chi connectivity index (χ0) is 16.9. The van der Waals surface area contributed by atoms with Crippen LogP contribution in [-0.2, 0) is 34.7 Å². The van der Waals surface area contributed by atoms with E-state index >= 15 is 0 Å². The summed E-state index contributed by atoms with van der Waals surface area (Å²) in [5, 5.41) is 4.09. The molecule has 4 rings (SSSR count). The Morgan fingerprint density at radius 3 is 2.83 bits per heavy atom. The number of nitrogens with one attached hydrogen (secondary N) is 1. The van der Waals surface area contributed by atoms with E-state index in [0.717, 1.165) is 30.4 Å². The first-order valence-electron chi connectivity index (χ1n) is 8.11. The Balaban J connectivity index is 1.47. The first kappa shape index (κ1) is 15.4. The summed E-state index contributed by atoms with van der Waals surface area (Å²) in [6.07, 6.45) is 7.21. The van der Waals surface area contributed by atoms with Gasteiger partial charge in [-0.3, -0.25) is 9.48 Å². The second kappa shape index (κ2) is 5.44. The number of carbonyl (C=O) groups excluding carboxylic acids is 1. The molecule has 1 fully saturated rings. The van der Waals surface area contributed by atoms with Gasteiger partial charge in [0.2, 0.25) is 5.91 Å². The van der Waals surface area contributed by atoms with E-state index in [4.69, 9.17) is 0 Å². The third-order valence-electron chi connectivity index (χ3n) is 4.90. The van der Waals surface area contributed by atoms with E-state index < -0.39 is 15.9 Å². The average molecular weight is 345 g/mol. The number of amides is 1. The number of hydrogen-bond donors (Lipinski definition) is 1. The Bertz CT molecular complexity index is 917. The number of aromatic nitrogens is 2. The second-order valence-electron chi connectivity index (χ2n) is 6.65. The van der Waals surface area contributed by atoms with Crippen LogP contribution in [0, 0.1) is 5.92 Å². The molecule has 6 nitrogen and oxygen atoms in total. The van der Waals surface area contributed by atoms with Crippen LogP contribution in [0.2, 0.25) is 0 Å². The molecule has 0 spiro atoms. The van der Waals surface area contributed by atoms with Gasteiger partial charge in [0.1, 0.15) is 0 Å². The number of rotatable bonds is 4. The minimum absolute atomic E-state index is 0.0638. The molecule has 24 heavy (non-hydrogen) atoms. The van der Waals surface area contributed by atoms with Crippen LogP contribution >= 0.6 is 0 Å². The monoisotopic (exact) mass is 345 g/mol. The highest BCUT2D eigenvalue weighted by atomic mass is 32.2. The zero-order valence-corrected chi connectivity index (χ0v) is 14.2. The van der Waals surface area contributed by atoms with Crippen molar-refractivity contribution in [2.24, 2.45) is 13.0 Å². The summed E-state index contributed by atoms with van der Waals surface area (Å²) in [6.45, 7) is 0. The summed E-state index contributed by atoms with van der Waals surface area (Å²) in [5.41, 5.74) is 3.26. The van der Waals surface area contributed by atoms with Gasteiger partial charge < -0.3 is 0 Å².